The molecule has 0 fully saturated rings. The van der Waals surface area contributed by atoms with Crippen LogP contribution < -0.4 is 4.74 Å². The van der Waals surface area contributed by atoms with Gasteiger partial charge in [-0.2, -0.15) is 8.78 Å². The third-order valence-corrected chi connectivity index (χ3v) is 1.62. The Labute approximate surface area is 86.2 Å². The molecule has 0 unspecified atom stereocenters. The van der Waals surface area contributed by atoms with Crippen LogP contribution in [0.5, 0.6) is 5.75 Å². The summed E-state index contributed by atoms with van der Waals surface area (Å²) in [6, 6.07) is 6.03. The van der Waals surface area contributed by atoms with Crippen molar-refractivity contribution in [2.24, 2.45) is 0 Å². The fraction of sp³-hybridized carbons (Fsp3) is 0.182. The van der Waals surface area contributed by atoms with Gasteiger partial charge in [-0.15, -0.1) is 0 Å². The highest BCUT2D eigenvalue weighted by Crippen LogP contribution is 2.15. The lowest BCUT2D eigenvalue weighted by Crippen LogP contribution is -2.01. The largest absolute Gasteiger partial charge is 0.435 e. The monoisotopic (exact) mass is 212 g/mol. The van der Waals surface area contributed by atoms with E-state index in [9.17, 15) is 13.6 Å². The van der Waals surface area contributed by atoms with E-state index in [4.69, 9.17) is 0 Å². The Morgan fingerprint density at radius 1 is 1.33 bits per heavy atom. The van der Waals surface area contributed by atoms with Crippen molar-refractivity contribution in [1.82, 2.24) is 0 Å². The second kappa shape index (κ2) is 5.24. The van der Waals surface area contributed by atoms with Crippen molar-refractivity contribution in [3.05, 3.63) is 35.9 Å². The van der Waals surface area contributed by atoms with Gasteiger partial charge in [-0.25, -0.2) is 0 Å². The Morgan fingerprint density at radius 2 is 1.93 bits per heavy atom. The molecule has 0 aromatic heterocycles. The molecule has 0 aliphatic rings. The van der Waals surface area contributed by atoms with Crippen molar-refractivity contribution in [3.8, 4) is 5.75 Å². The number of rotatable bonds is 4. The van der Waals surface area contributed by atoms with Gasteiger partial charge in [0.05, 0.1) is 0 Å². The summed E-state index contributed by atoms with van der Waals surface area (Å²) in [5, 5.41) is 0. The molecule has 0 heterocycles. The van der Waals surface area contributed by atoms with Crippen LogP contribution in [0, 0.1) is 0 Å². The van der Waals surface area contributed by atoms with Gasteiger partial charge in [0.15, 0.2) is 5.78 Å². The van der Waals surface area contributed by atoms with Gasteiger partial charge in [0, 0.05) is 0 Å². The van der Waals surface area contributed by atoms with Gasteiger partial charge in [-0.1, -0.05) is 18.2 Å². The highest BCUT2D eigenvalue weighted by molar-refractivity contribution is 5.91. The van der Waals surface area contributed by atoms with E-state index in [2.05, 4.69) is 4.74 Å². The Balaban J connectivity index is 2.68. The van der Waals surface area contributed by atoms with E-state index in [0.717, 1.165) is 5.56 Å². The van der Waals surface area contributed by atoms with Gasteiger partial charge in [-0.05, 0) is 30.7 Å². The van der Waals surface area contributed by atoms with E-state index >= 15 is 0 Å². The minimum Gasteiger partial charge on any atom is -0.435 e. The second-order valence-corrected chi connectivity index (χ2v) is 2.89. The maximum absolute atomic E-state index is 11.8. The number of hydrogen-bond donors (Lipinski definition) is 0. The fourth-order valence-electron chi connectivity index (χ4n) is 0.974. The van der Waals surface area contributed by atoms with Gasteiger partial charge >= 0.3 is 6.61 Å². The van der Waals surface area contributed by atoms with Crippen LogP contribution in [0.4, 0.5) is 8.78 Å². The number of alkyl halides is 2. The van der Waals surface area contributed by atoms with E-state index in [1.54, 1.807) is 18.2 Å². The van der Waals surface area contributed by atoms with Crippen molar-refractivity contribution in [1.29, 1.82) is 0 Å². The second-order valence-electron chi connectivity index (χ2n) is 2.89. The van der Waals surface area contributed by atoms with Crippen LogP contribution in [0.25, 0.3) is 6.08 Å². The molecule has 0 N–H and O–H groups in total. The number of halogens is 2. The number of ketones is 1. The molecule has 1 rings (SSSR count). The minimum absolute atomic E-state index is 0.0668. The third-order valence-electron chi connectivity index (χ3n) is 1.62. The van der Waals surface area contributed by atoms with Crippen LogP contribution in [0.2, 0.25) is 0 Å². The maximum Gasteiger partial charge on any atom is 0.387 e. The molecular formula is C11H10F2O2. The standard InChI is InChI=1S/C11H10F2O2/c1-8(14)2-3-9-4-6-10(7-5-9)15-11(12)13/h2-7,11H,1H3/b3-2+. The molecule has 0 saturated heterocycles. The summed E-state index contributed by atoms with van der Waals surface area (Å²) in [4.78, 5) is 10.6. The summed E-state index contributed by atoms with van der Waals surface area (Å²) in [6.45, 7) is -1.38. The molecule has 1 aromatic carbocycles. The number of benzene rings is 1. The Kier molecular flexibility index (Phi) is 3.97. The van der Waals surface area contributed by atoms with Gasteiger partial charge in [0.25, 0.3) is 0 Å². The van der Waals surface area contributed by atoms with Gasteiger partial charge < -0.3 is 4.74 Å². The number of carbonyl (C=O) groups excluding carboxylic acids is 1. The first-order valence-electron chi connectivity index (χ1n) is 4.31. The average Bonchev–Trinajstić information content (AvgIpc) is 2.16. The van der Waals surface area contributed by atoms with E-state index in [0.29, 0.717) is 0 Å². The minimum atomic E-state index is -2.82. The predicted molar refractivity (Wildman–Crippen MR) is 52.8 cm³/mol. The first-order chi connectivity index (χ1) is 7.08. The number of hydrogen-bond acceptors (Lipinski definition) is 2. The normalized spacial score (nSPS) is 10.9. The summed E-state index contributed by atoms with van der Waals surface area (Å²) in [5.41, 5.74) is 0.756. The zero-order valence-electron chi connectivity index (χ0n) is 8.11. The molecule has 2 nitrogen and oxygen atoms in total. The van der Waals surface area contributed by atoms with Gasteiger partial charge in [0.1, 0.15) is 5.75 Å². The lowest BCUT2D eigenvalue weighted by atomic mass is 10.2. The molecular weight excluding hydrogens is 202 g/mol. The molecule has 0 saturated carbocycles. The molecule has 15 heavy (non-hydrogen) atoms. The summed E-state index contributed by atoms with van der Waals surface area (Å²) >= 11 is 0. The van der Waals surface area contributed by atoms with Crippen molar-refractivity contribution >= 4 is 11.9 Å². The number of allylic oxidation sites excluding steroid dienone is 1. The summed E-state index contributed by atoms with van der Waals surface area (Å²) in [7, 11) is 0. The van der Waals surface area contributed by atoms with Crippen molar-refractivity contribution in [3.63, 3.8) is 0 Å². The van der Waals surface area contributed by atoms with Crippen LogP contribution in [0.15, 0.2) is 30.3 Å². The van der Waals surface area contributed by atoms with E-state index < -0.39 is 6.61 Å². The molecule has 0 aliphatic heterocycles. The lowest BCUT2D eigenvalue weighted by Gasteiger charge is -2.03. The smallest absolute Gasteiger partial charge is 0.387 e. The van der Waals surface area contributed by atoms with Crippen LogP contribution in [0.1, 0.15) is 12.5 Å². The molecule has 0 atom stereocenters. The van der Waals surface area contributed by atoms with Crippen LogP contribution in [-0.4, -0.2) is 12.4 Å². The lowest BCUT2D eigenvalue weighted by molar-refractivity contribution is -0.112. The fourth-order valence-corrected chi connectivity index (χ4v) is 0.974. The average molecular weight is 212 g/mol. The van der Waals surface area contributed by atoms with Crippen molar-refractivity contribution in [2.45, 2.75) is 13.5 Å². The molecule has 0 amide bonds. The maximum atomic E-state index is 11.8. The molecule has 0 spiro atoms. The summed E-state index contributed by atoms with van der Waals surface area (Å²) < 4.78 is 27.8. The summed E-state index contributed by atoms with van der Waals surface area (Å²) in [6.07, 6.45) is 3.01. The van der Waals surface area contributed by atoms with E-state index in [1.807, 2.05) is 0 Å². The van der Waals surface area contributed by atoms with Crippen LogP contribution >= 0.6 is 0 Å². The molecule has 0 bridgehead atoms. The molecule has 0 aliphatic carbocycles. The van der Waals surface area contributed by atoms with E-state index in [1.165, 1.54) is 25.1 Å². The Hall–Kier alpha value is -1.71. The van der Waals surface area contributed by atoms with E-state index in [-0.39, 0.29) is 11.5 Å². The molecule has 4 heteroatoms. The topological polar surface area (TPSA) is 26.3 Å². The molecule has 1 aromatic rings. The van der Waals surface area contributed by atoms with Crippen molar-refractivity contribution in [2.75, 3.05) is 0 Å². The highest BCUT2D eigenvalue weighted by Gasteiger charge is 2.02. The SMILES string of the molecule is CC(=O)/C=C/c1ccc(OC(F)F)cc1. The first-order valence-corrected chi connectivity index (χ1v) is 4.31. The highest BCUT2D eigenvalue weighted by atomic mass is 19.3. The molecule has 80 valence electrons. The number of ether oxygens (including phenoxy) is 1. The summed E-state index contributed by atoms with van der Waals surface area (Å²) in [5.74, 6) is 0.0351. The third kappa shape index (κ3) is 4.35. The first kappa shape index (κ1) is 11.4. The quantitative estimate of drug-likeness (QED) is 0.717. The molecule has 0 radical (unpaired) electrons. The predicted octanol–water partition coefficient (Wildman–Crippen LogP) is 2.89. The van der Waals surface area contributed by atoms with Gasteiger partial charge in [-0.3, -0.25) is 4.79 Å². The van der Waals surface area contributed by atoms with Crippen LogP contribution in [0.3, 0.4) is 0 Å². The number of carbonyl (C=O) groups is 1. The van der Waals surface area contributed by atoms with Gasteiger partial charge in [0.2, 0.25) is 0 Å². The zero-order chi connectivity index (χ0) is 11.3. The zero-order valence-corrected chi connectivity index (χ0v) is 8.11. The van der Waals surface area contributed by atoms with Crippen LogP contribution in [-0.2, 0) is 4.79 Å². The van der Waals surface area contributed by atoms with Crippen molar-refractivity contribution < 1.29 is 18.3 Å². The Morgan fingerprint density at radius 3 is 2.40 bits per heavy atom. The Bertz CT molecular complexity index is 355.